The van der Waals surface area contributed by atoms with Gasteiger partial charge in [0.05, 0.1) is 6.54 Å². The molecule has 0 aliphatic carbocycles. The lowest BCUT2D eigenvalue weighted by Gasteiger charge is -2.10. The first kappa shape index (κ1) is 19.5. The van der Waals surface area contributed by atoms with Crippen molar-refractivity contribution in [3.05, 3.63) is 59.7 Å². The molecule has 0 atom stereocenters. The van der Waals surface area contributed by atoms with Crippen LogP contribution >= 0.6 is 0 Å². The number of amides is 1. The minimum Gasteiger partial charge on any atom is -0.491 e. The zero-order chi connectivity index (χ0) is 18.8. The number of ketones is 1. The molecular formula is C21H25NO4. The Kier molecular flexibility index (Phi) is 7.68. The van der Waals surface area contributed by atoms with Crippen molar-refractivity contribution >= 4 is 11.7 Å². The van der Waals surface area contributed by atoms with Gasteiger partial charge in [0, 0.05) is 6.42 Å². The molecule has 0 radical (unpaired) electrons. The molecule has 0 spiro atoms. The van der Waals surface area contributed by atoms with E-state index in [4.69, 9.17) is 9.47 Å². The molecular weight excluding hydrogens is 330 g/mol. The molecule has 138 valence electrons. The van der Waals surface area contributed by atoms with Gasteiger partial charge >= 0.3 is 0 Å². The summed E-state index contributed by atoms with van der Waals surface area (Å²) in [5.41, 5.74) is 2.14. The standard InChI is InChI=1S/C21H25NO4/c1-16-5-3-4-6-20(16)25-14-13-22-21(24)15-26-19-11-9-18(10-12-19)8-7-17(2)23/h3-6,9-12H,7-8,13-15H2,1-2H3,(H,22,24). The number of Topliss-reactive ketones (excluding diaryl/α,β-unsaturated/α-hetero) is 1. The maximum Gasteiger partial charge on any atom is 0.258 e. The van der Waals surface area contributed by atoms with E-state index in [1.165, 1.54) is 0 Å². The van der Waals surface area contributed by atoms with Crippen LogP contribution in [0.15, 0.2) is 48.5 Å². The van der Waals surface area contributed by atoms with Crippen LogP contribution in [0.25, 0.3) is 0 Å². The Balaban J connectivity index is 1.64. The third-order valence-corrected chi connectivity index (χ3v) is 3.83. The fraction of sp³-hybridized carbons (Fsp3) is 0.333. The Bertz CT molecular complexity index is 725. The molecule has 0 aliphatic heterocycles. The third kappa shape index (κ3) is 6.97. The molecule has 0 saturated carbocycles. The fourth-order valence-electron chi connectivity index (χ4n) is 2.34. The molecule has 5 heteroatoms. The van der Waals surface area contributed by atoms with Crippen LogP contribution in [0.4, 0.5) is 0 Å². The van der Waals surface area contributed by atoms with E-state index in [1.807, 2.05) is 55.5 Å². The van der Waals surface area contributed by atoms with Gasteiger partial charge in [-0.25, -0.2) is 0 Å². The van der Waals surface area contributed by atoms with Crippen molar-refractivity contribution in [2.45, 2.75) is 26.7 Å². The van der Waals surface area contributed by atoms with E-state index in [0.29, 0.717) is 25.3 Å². The van der Waals surface area contributed by atoms with Crippen molar-refractivity contribution in [1.29, 1.82) is 0 Å². The number of nitrogens with one attached hydrogen (secondary N) is 1. The van der Waals surface area contributed by atoms with Crippen molar-refractivity contribution in [3.8, 4) is 11.5 Å². The van der Waals surface area contributed by atoms with Crippen molar-refractivity contribution in [2.24, 2.45) is 0 Å². The molecule has 2 aromatic rings. The van der Waals surface area contributed by atoms with Crippen LogP contribution in [0.3, 0.4) is 0 Å². The smallest absolute Gasteiger partial charge is 0.258 e. The van der Waals surface area contributed by atoms with Crippen LogP contribution < -0.4 is 14.8 Å². The Morgan fingerprint density at radius 2 is 1.73 bits per heavy atom. The maximum atomic E-state index is 11.8. The highest BCUT2D eigenvalue weighted by atomic mass is 16.5. The van der Waals surface area contributed by atoms with Crippen LogP contribution in [0.1, 0.15) is 24.5 Å². The topological polar surface area (TPSA) is 64.6 Å². The summed E-state index contributed by atoms with van der Waals surface area (Å²) in [4.78, 5) is 22.8. The van der Waals surface area contributed by atoms with Crippen molar-refractivity contribution in [3.63, 3.8) is 0 Å². The quantitative estimate of drug-likeness (QED) is 0.665. The summed E-state index contributed by atoms with van der Waals surface area (Å²) in [6.45, 7) is 4.34. The molecule has 0 saturated heterocycles. The predicted octanol–water partition coefficient (Wildman–Crippen LogP) is 3.09. The molecule has 0 heterocycles. The highest BCUT2D eigenvalue weighted by Gasteiger charge is 2.04. The first-order chi connectivity index (χ1) is 12.5. The van der Waals surface area contributed by atoms with Gasteiger partial charge in [-0.1, -0.05) is 30.3 Å². The lowest BCUT2D eigenvalue weighted by Crippen LogP contribution is -2.32. The summed E-state index contributed by atoms with van der Waals surface area (Å²) in [6, 6.07) is 15.2. The number of hydrogen-bond donors (Lipinski definition) is 1. The summed E-state index contributed by atoms with van der Waals surface area (Å²) in [5.74, 6) is 1.43. The Morgan fingerprint density at radius 1 is 1.00 bits per heavy atom. The predicted molar refractivity (Wildman–Crippen MR) is 101 cm³/mol. The minimum atomic E-state index is -0.195. The van der Waals surface area contributed by atoms with E-state index in [2.05, 4.69) is 5.32 Å². The van der Waals surface area contributed by atoms with Crippen molar-refractivity contribution in [1.82, 2.24) is 5.32 Å². The summed E-state index contributed by atoms with van der Waals surface area (Å²) < 4.78 is 11.1. The number of aryl methyl sites for hydroxylation is 2. The van der Waals surface area contributed by atoms with Gasteiger partial charge in [0.1, 0.15) is 23.9 Å². The van der Waals surface area contributed by atoms with Gasteiger partial charge < -0.3 is 19.6 Å². The van der Waals surface area contributed by atoms with Gasteiger partial charge in [0.15, 0.2) is 6.61 Å². The lowest BCUT2D eigenvalue weighted by atomic mass is 10.1. The number of para-hydroxylation sites is 1. The first-order valence-electron chi connectivity index (χ1n) is 8.71. The second kappa shape index (κ2) is 10.2. The zero-order valence-electron chi connectivity index (χ0n) is 15.3. The van der Waals surface area contributed by atoms with E-state index < -0.39 is 0 Å². The largest absolute Gasteiger partial charge is 0.491 e. The normalized spacial score (nSPS) is 10.2. The Labute approximate surface area is 154 Å². The van der Waals surface area contributed by atoms with E-state index in [9.17, 15) is 9.59 Å². The molecule has 2 rings (SSSR count). The zero-order valence-corrected chi connectivity index (χ0v) is 15.3. The number of ether oxygens (including phenoxy) is 2. The highest BCUT2D eigenvalue weighted by Crippen LogP contribution is 2.15. The number of rotatable bonds is 10. The van der Waals surface area contributed by atoms with Gasteiger partial charge in [0.25, 0.3) is 5.91 Å². The number of hydrogen-bond acceptors (Lipinski definition) is 4. The van der Waals surface area contributed by atoms with Crippen molar-refractivity contribution < 1.29 is 19.1 Å². The Hall–Kier alpha value is -2.82. The van der Waals surface area contributed by atoms with Crippen LogP contribution in [0.5, 0.6) is 11.5 Å². The maximum absolute atomic E-state index is 11.8. The van der Waals surface area contributed by atoms with E-state index in [-0.39, 0.29) is 18.3 Å². The van der Waals surface area contributed by atoms with Crippen LogP contribution in [-0.4, -0.2) is 31.4 Å². The first-order valence-corrected chi connectivity index (χ1v) is 8.71. The minimum absolute atomic E-state index is 0.0445. The number of carbonyl (C=O) groups is 2. The summed E-state index contributed by atoms with van der Waals surface area (Å²) >= 11 is 0. The third-order valence-electron chi connectivity index (χ3n) is 3.83. The second-order valence-corrected chi connectivity index (χ2v) is 6.10. The molecule has 1 N–H and O–H groups in total. The average molecular weight is 355 g/mol. The van der Waals surface area contributed by atoms with Crippen LogP contribution in [0, 0.1) is 6.92 Å². The molecule has 0 aliphatic rings. The number of carbonyl (C=O) groups excluding carboxylic acids is 2. The van der Waals surface area contributed by atoms with Gasteiger partial charge in [-0.15, -0.1) is 0 Å². The highest BCUT2D eigenvalue weighted by molar-refractivity contribution is 5.77. The van der Waals surface area contributed by atoms with Crippen LogP contribution in [0.2, 0.25) is 0 Å². The summed E-state index contributed by atoms with van der Waals surface area (Å²) in [7, 11) is 0. The fourth-order valence-corrected chi connectivity index (χ4v) is 2.34. The van der Waals surface area contributed by atoms with Crippen molar-refractivity contribution in [2.75, 3.05) is 19.8 Å². The Morgan fingerprint density at radius 3 is 2.42 bits per heavy atom. The molecule has 0 aromatic heterocycles. The van der Waals surface area contributed by atoms with E-state index >= 15 is 0 Å². The molecule has 0 unspecified atom stereocenters. The average Bonchev–Trinajstić information content (AvgIpc) is 2.64. The molecule has 26 heavy (non-hydrogen) atoms. The number of benzene rings is 2. The SMILES string of the molecule is CC(=O)CCc1ccc(OCC(=O)NCCOc2ccccc2C)cc1. The summed E-state index contributed by atoms with van der Waals surface area (Å²) in [6.07, 6.45) is 1.25. The summed E-state index contributed by atoms with van der Waals surface area (Å²) in [5, 5.41) is 2.76. The van der Waals surface area contributed by atoms with Gasteiger partial charge in [-0.05, 0) is 49.6 Å². The van der Waals surface area contributed by atoms with E-state index in [1.54, 1.807) is 6.92 Å². The van der Waals surface area contributed by atoms with Gasteiger partial charge in [-0.2, -0.15) is 0 Å². The second-order valence-electron chi connectivity index (χ2n) is 6.10. The lowest BCUT2D eigenvalue weighted by molar-refractivity contribution is -0.123. The molecule has 0 fully saturated rings. The van der Waals surface area contributed by atoms with Crippen LogP contribution in [-0.2, 0) is 16.0 Å². The monoisotopic (exact) mass is 355 g/mol. The molecule has 2 aromatic carbocycles. The molecule has 1 amide bonds. The molecule has 0 bridgehead atoms. The van der Waals surface area contributed by atoms with E-state index in [0.717, 1.165) is 23.3 Å². The van der Waals surface area contributed by atoms with Gasteiger partial charge in [0.2, 0.25) is 0 Å². The molecule has 5 nitrogen and oxygen atoms in total. The van der Waals surface area contributed by atoms with Gasteiger partial charge in [-0.3, -0.25) is 4.79 Å².